The average molecular weight is 398 g/mol. The van der Waals surface area contributed by atoms with E-state index in [0.29, 0.717) is 48.9 Å². The summed E-state index contributed by atoms with van der Waals surface area (Å²) in [4.78, 5) is 26.9. The van der Waals surface area contributed by atoms with Crippen LogP contribution in [0.4, 0.5) is 0 Å². The minimum Gasteiger partial charge on any atom is -0.349 e. The lowest BCUT2D eigenvalue weighted by molar-refractivity contribution is -0.126. The molecule has 4 rings (SSSR count). The van der Waals surface area contributed by atoms with E-state index in [1.807, 2.05) is 28.8 Å². The maximum atomic E-state index is 12.6. The molecule has 0 spiro atoms. The second-order valence-corrected chi connectivity index (χ2v) is 7.27. The van der Waals surface area contributed by atoms with Crippen LogP contribution in [-0.2, 0) is 11.3 Å². The molecule has 8 heteroatoms. The van der Waals surface area contributed by atoms with Crippen LogP contribution in [0.2, 0.25) is 5.02 Å². The number of nitrogens with one attached hydrogen (secondary N) is 1. The summed E-state index contributed by atoms with van der Waals surface area (Å²) >= 11 is 5.88. The molecule has 0 unspecified atom stereocenters. The van der Waals surface area contributed by atoms with Crippen LogP contribution in [0.1, 0.15) is 29.0 Å². The van der Waals surface area contributed by atoms with Crippen molar-refractivity contribution in [2.45, 2.75) is 19.4 Å². The van der Waals surface area contributed by atoms with Crippen LogP contribution in [-0.4, -0.2) is 44.4 Å². The van der Waals surface area contributed by atoms with Gasteiger partial charge in [-0.25, -0.2) is 0 Å². The van der Waals surface area contributed by atoms with E-state index in [4.69, 9.17) is 11.6 Å². The largest absolute Gasteiger partial charge is 0.349 e. The molecule has 2 aromatic heterocycles. The molecule has 1 N–H and O–H groups in total. The van der Waals surface area contributed by atoms with Gasteiger partial charge in [0.25, 0.3) is 5.91 Å². The average Bonchev–Trinajstić information content (AvgIpc) is 3.15. The Balaban J connectivity index is 1.30. The van der Waals surface area contributed by atoms with Gasteiger partial charge in [0.2, 0.25) is 5.91 Å². The number of nitrogens with zero attached hydrogens (tertiary/aromatic N) is 4. The highest BCUT2D eigenvalue weighted by Gasteiger charge is 2.27. The minimum atomic E-state index is -0.103. The normalized spacial score (nSPS) is 15.0. The zero-order valence-electron chi connectivity index (χ0n) is 15.2. The molecule has 1 fully saturated rings. The fourth-order valence-corrected chi connectivity index (χ4v) is 3.57. The summed E-state index contributed by atoms with van der Waals surface area (Å²) in [5, 5.41) is 11.8. The second kappa shape index (κ2) is 7.98. The standard InChI is InChI=1S/C20H20ClN5O2/c21-16-6-4-15(5-7-16)20(28)25-11-8-14(9-12-25)19(27)22-13-18-24-23-17-3-1-2-10-26(17)18/h1-7,10,14H,8-9,11-13H2,(H,22,27). The van der Waals surface area contributed by atoms with Crippen molar-refractivity contribution in [2.24, 2.45) is 5.92 Å². The maximum absolute atomic E-state index is 12.6. The molecule has 3 aromatic rings. The molecule has 0 atom stereocenters. The number of aromatic nitrogens is 3. The zero-order chi connectivity index (χ0) is 19.5. The fourth-order valence-electron chi connectivity index (χ4n) is 3.44. The summed E-state index contributed by atoms with van der Waals surface area (Å²) < 4.78 is 1.85. The Hall–Kier alpha value is -2.93. The molecule has 1 aliphatic rings. The highest BCUT2D eigenvalue weighted by atomic mass is 35.5. The topological polar surface area (TPSA) is 79.6 Å². The number of rotatable bonds is 4. The van der Waals surface area contributed by atoms with Crippen molar-refractivity contribution < 1.29 is 9.59 Å². The number of piperidine rings is 1. The molecule has 1 saturated heterocycles. The summed E-state index contributed by atoms with van der Waals surface area (Å²) in [6.07, 6.45) is 3.16. The number of fused-ring (bicyclic) bond motifs is 1. The predicted octanol–water partition coefficient (Wildman–Crippen LogP) is 2.55. The number of pyridine rings is 1. The SMILES string of the molecule is O=C(NCc1nnc2ccccn12)C1CCN(C(=O)c2ccc(Cl)cc2)CC1. The molecular formula is C20H20ClN5O2. The lowest BCUT2D eigenvalue weighted by Gasteiger charge is -2.31. The summed E-state index contributed by atoms with van der Waals surface area (Å²) in [6.45, 7) is 1.45. The van der Waals surface area contributed by atoms with Gasteiger partial charge in [0.15, 0.2) is 11.5 Å². The maximum Gasteiger partial charge on any atom is 0.253 e. The van der Waals surface area contributed by atoms with Crippen molar-refractivity contribution in [3.8, 4) is 0 Å². The Morgan fingerprint density at radius 2 is 1.82 bits per heavy atom. The van der Waals surface area contributed by atoms with E-state index in [2.05, 4.69) is 15.5 Å². The summed E-state index contributed by atoms with van der Waals surface area (Å²) in [6, 6.07) is 12.5. The van der Waals surface area contributed by atoms with Crippen LogP contribution in [0.15, 0.2) is 48.7 Å². The number of likely N-dealkylation sites (tertiary alicyclic amines) is 1. The molecule has 3 heterocycles. The third-order valence-corrected chi connectivity index (χ3v) is 5.30. The van der Waals surface area contributed by atoms with Gasteiger partial charge < -0.3 is 10.2 Å². The van der Waals surface area contributed by atoms with Crippen LogP contribution in [0.3, 0.4) is 0 Å². The molecule has 0 radical (unpaired) electrons. The number of hydrogen-bond acceptors (Lipinski definition) is 4. The molecule has 1 aliphatic heterocycles. The van der Waals surface area contributed by atoms with Gasteiger partial charge >= 0.3 is 0 Å². The zero-order valence-corrected chi connectivity index (χ0v) is 16.0. The quantitative estimate of drug-likeness (QED) is 0.733. The molecule has 28 heavy (non-hydrogen) atoms. The van der Waals surface area contributed by atoms with Crippen LogP contribution < -0.4 is 5.32 Å². The van der Waals surface area contributed by atoms with E-state index in [0.717, 1.165) is 5.65 Å². The number of carbonyl (C=O) groups is 2. The first-order valence-corrected chi connectivity index (χ1v) is 9.61. The molecule has 7 nitrogen and oxygen atoms in total. The second-order valence-electron chi connectivity index (χ2n) is 6.84. The number of halogens is 1. The van der Waals surface area contributed by atoms with Gasteiger partial charge in [-0.05, 0) is 49.2 Å². The number of hydrogen-bond donors (Lipinski definition) is 1. The van der Waals surface area contributed by atoms with E-state index in [1.54, 1.807) is 29.2 Å². The molecular weight excluding hydrogens is 378 g/mol. The third-order valence-electron chi connectivity index (χ3n) is 5.05. The van der Waals surface area contributed by atoms with Gasteiger partial charge in [-0.2, -0.15) is 0 Å². The summed E-state index contributed by atoms with van der Waals surface area (Å²) in [5.74, 6) is 0.560. The smallest absolute Gasteiger partial charge is 0.253 e. The van der Waals surface area contributed by atoms with Crippen molar-refractivity contribution in [3.05, 3.63) is 65.1 Å². The Labute approximate surface area is 167 Å². The third kappa shape index (κ3) is 3.84. The first-order valence-electron chi connectivity index (χ1n) is 9.23. The van der Waals surface area contributed by atoms with Crippen LogP contribution >= 0.6 is 11.6 Å². The summed E-state index contributed by atoms with van der Waals surface area (Å²) in [5.41, 5.74) is 1.37. The van der Waals surface area contributed by atoms with E-state index < -0.39 is 0 Å². The van der Waals surface area contributed by atoms with Crippen LogP contribution in [0, 0.1) is 5.92 Å². The highest BCUT2D eigenvalue weighted by molar-refractivity contribution is 6.30. The fraction of sp³-hybridized carbons (Fsp3) is 0.300. The van der Waals surface area contributed by atoms with E-state index >= 15 is 0 Å². The van der Waals surface area contributed by atoms with Crippen molar-refractivity contribution in [1.82, 2.24) is 24.8 Å². The van der Waals surface area contributed by atoms with Gasteiger partial charge in [0, 0.05) is 35.8 Å². The van der Waals surface area contributed by atoms with Crippen molar-refractivity contribution in [2.75, 3.05) is 13.1 Å². The molecule has 1 aromatic carbocycles. The van der Waals surface area contributed by atoms with Gasteiger partial charge in [-0.3, -0.25) is 14.0 Å². The van der Waals surface area contributed by atoms with Crippen LogP contribution in [0.5, 0.6) is 0 Å². The Bertz CT molecular complexity index is 993. The Morgan fingerprint density at radius 1 is 1.07 bits per heavy atom. The van der Waals surface area contributed by atoms with E-state index in [1.165, 1.54) is 0 Å². The lowest BCUT2D eigenvalue weighted by atomic mass is 9.95. The highest BCUT2D eigenvalue weighted by Crippen LogP contribution is 2.20. The molecule has 0 saturated carbocycles. The van der Waals surface area contributed by atoms with E-state index in [-0.39, 0.29) is 17.7 Å². The monoisotopic (exact) mass is 397 g/mol. The first kappa shape index (κ1) is 18.4. The first-order chi connectivity index (χ1) is 13.6. The van der Waals surface area contributed by atoms with Gasteiger partial charge in [-0.15, -0.1) is 10.2 Å². The van der Waals surface area contributed by atoms with Crippen molar-refractivity contribution >= 4 is 29.1 Å². The number of amides is 2. The van der Waals surface area contributed by atoms with Gasteiger partial charge in [0.05, 0.1) is 6.54 Å². The van der Waals surface area contributed by atoms with Crippen LogP contribution in [0.25, 0.3) is 5.65 Å². The van der Waals surface area contributed by atoms with Gasteiger partial charge in [-0.1, -0.05) is 17.7 Å². The molecule has 0 aliphatic carbocycles. The number of carbonyl (C=O) groups excluding carboxylic acids is 2. The van der Waals surface area contributed by atoms with E-state index in [9.17, 15) is 9.59 Å². The lowest BCUT2D eigenvalue weighted by Crippen LogP contribution is -2.43. The molecule has 0 bridgehead atoms. The molecule has 2 amide bonds. The minimum absolute atomic E-state index is 0.00808. The molecule has 144 valence electrons. The predicted molar refractivity (Wildman–Crippen MR) is 105 cm³/mol. The van der Waals surface area contributed by atoms with Crippen molar-refractivity contribution in [1.29, 1.82) is 0 Å². The Morgan fingerprint density at radius 3 is 2.57 bits per heavy atom. The number of benzene rings is 1. The van der Waals surface area contributed by atoms with Crippen molar-refractivity contribution in [3.63, 3.8) is 0 Å². The summed E-state index contributed by atoms with van der Waals surface area (Å²) in [7, 11) is 0. The van der Waals surface area contributed by atoms with Gasteiger partial charge in [0.1, 0.15) is 0 Å². The Kier molecular flexibility index (Phi) is 5.25.